The van der Waals surface area contributed by atoms with E-state index in [-0.39, 0.29) is 11.7 Å². The van der Waals surface area contributed by atoms with E-state index in [1.807, 2.05) is 19.2 Å². The van der Waals surface area contributed by atoms with Gasteiger partial charge in [0.05, 0.1) is 23.7 Å². The number of aromatic nitrogens is 3. The van der Waals surface area contributed by atoms with Gasteiger partial charge in [-0.1, -0.05) is 6.07 Å². The number of rotatable bonds is 6. The fourth-order valence-corrected chi connectivity index (χ4v) is 4.24. The molecule has 1 aromatic carbocycles. The van der Waals surface area contributed by atoms with E-state index in [1.165, 1.54) is 0 Å². The number of imidazole rings is 1. The molecule has 1 saturated heterocycles. The summed E-state index contributed by atoms with van der Waals surface area (Å²) < 4.78 is 15.4. The Morgan fingerprint density at radius 1 is 1.20 bits per heavy atom. The predicted octanol–water partition coefficient (Wildman–Crippen LogP) is 4.03. The van der Waals surface area contributed by atoms with E-state index in [0.29, 0.717) is 12.5 Å². The Kier molecular flexibility index (Phi) is 6.06. The van der Waals surface area contributed by atoms with Crippen molar-refractivity contribution in [2.75, 3.05) is 19.8 Å². The van der Waals surface area contributed by atoms with E-state index in [2.05, 4.69) is 36.6 Å². The average Bonchev–Trinajstić information content (AvgIpc) is 3.10. The third-order valence-electron chi connectivity index (χ3n) is 5.83. The second kappa shape index (κ2) is 8.74. The topological polar surface area (TPSA) is 58.3 Å². The normalized spacial score (nSPS) is 15.4. The molecule has 0 atom stereocenters. The minimum Gasteiger partial charge on any atom is -0.381 e. The van der Waals surface area contributed by atoms with Crippen molar-refractivity contribution in [2.45, 2.75) is 52.2 Å². The van der Waals surface area contributed by atoms with Gasteiger partial charge in [-0.3, -0.25) is 4.79 Å². The molecule has 1 aliphatic heterocycles. The lowest BCUT2D eigenvalue weighted by atomic mass is 9.99. The fraction of sp³-hybridized carbons (Fsp3) is 0.500. The molecule has 1 fully saturated rings. The molecule has 0 amide bonds. The van der Waals surface area contributed by atoms with Crippen LogP contribution < -0.4 is 5.56 Å². The molecule has 3 aromatic rings. The van der Waals surface area contributed by atoms with Crippen LogP contribution in [0.2, 0.25) is 0 Å². The number of ether oxygens (including phenoxy) is 2. The molecule has 0 N–H and O–H groups in total. The molecule has 4 rings (SSSR count). The molecule has 160 valence electrons. The first-order valence-corrected chi connectivity index (χ1v) is 10.8. The maximum atomic E-state index is 12.1. The fourth-order valence-electron chi connectivity index (χ4n) is 4.24. The monoisotopic (exact) mass is 409 g/mol. The van der Waals surface area contributed by atoms with Crippen molar-refractivity contribution in [1.82, 2.24) is 14.1 Å². The van der Waals surface area contributed by atoms with Gasteiger partial charge in [-0.15, -0.1) is 0 Å². The van der Waals surface area contributed by atoms with Gasteiger partial charge in [0.2, 0.25) is 0 Å². The minimum atomic E-state index is 0.0394. The summed E-state index contributed by atoms with van der Waals surface area (Å²) in [6, 6.07) is 8.34. The number of nitrogens with zero attached hydrogens (tertiary/aromatic N) is 3. The first-order valence-electron chi connectivity index (χ1n) is 10.8. The zero-order valence-corrected chi connectivity index (χ0v) is 18.4. The van der Waals surface area contributed by atoms with Crippen molar-refractivity contribution in [2.24, 2.45) is 7.05 Å². The zero-order valence-electron chi connectivity index (χ0n) is 18.4. The molecule has 3 heterocycles. The van der Waals surface area contributed by atoms with Crippen LogP contribution >= 0.6 is 0 Å². The first kappa shape index (κ1) is 20.8. The summed E-state index contributed by atoms with van der Waals surface area (Å²) in [7, 11) is 1.80. The maximum absolute atomic E-state index is 12.1. The molecule has 0 aliphatic carbocycles. The van der Waals surface area contributed by atoms with Gasteiger partial charge in [0, 0.05) is 44.5 Å². The summed E-state index contributed by atoms with van der Waals surface area (Å²) in [5.74, 6) is 1.54. The molecular formula is C24H31N3O3. The Bertz CT molecular complexity index is 1060. The third kappa shape index (κ3) is 4.20. The van der Waals surface area contributed by atoms with E-state index < -0.39 is 0 Å². The van der Waals surface area contributed by atoms with Crippen LogP contribution in [0.25, 0.3) is 22.2 Å². The third-order valence-corrected chi connectivity index (χ3v) is 5.83. The Balaban J connectivity index is 1.78. The quantitative estimate of drug-likeness (QED) is 0.617. The van der Waals surface area contributed by atoms with E-state index >= 15 is 0 Å². The number of pyridine rings is 1. The summed E-state index contributed by atoms with van der Waals surface area (Å²) in [4.78, 5) is 17.1. The Hall–Kier alpha value is -2.44. The molecule has 0 radical (unpaired) electrons. The van der Waals surface area contributed by atoms with Crippen molar-refractivity contribution in [3.05, 3.63) is 52.2 Å². The largest absolute Gasteiger partial charge is 0.381 e. The highest BCUT2D eigenvalue weighted by molar-refractivity contribution is 5.82. The van der Waals surface area contributed by atoms with Crippen molar-refractivity contribution in [3.8, 4) is 11.1 Å². The molecule has 2 aromatic heterocycles. The SMILES string of the molecule is Cc1cc(-c2ccc3nc(C4CCOCC4)n(CCOC(C)C)c3c2)cn(C)c1=O. The van der Waals surface area contributed by atoms with Crippen LogP contribution in [0.4, 0.5) is 0 Å². The summed E-state index contributed by atoms with van der Waals surface area (Å²) in [6.45, 7) is 9.00. The van der Waals surface area contributed by atoms with Gasteiger partial charge in [0.15, 0.2) is 0 Å². The predicted molar refractivity (Wildman–Crippen MR) is 119 cm³/mol. The van der Waals surface area contributed by atoms with E-state index in [0.717, 1.165) is 66.1 Å². The summed E-state index contributed by atoms with van der Waals surface area (Å²) in [5.41, 5.74) is 5.04. The number of hydrogen-bond donors (Lipinski definition) is 0. The van der Waals surface area contributed by atoms with Gasteiger partial charge in [0.1, 0.15) is 5.82 Å². The summed E-state index contributed by atoms with van der Waals surface area (Å²) >= 11 is 0. The van der Waals surface area contributed by atoms with Gasteiger partial charge in [0.25, 0.3) is 5.56 Å². The molecule has 0 unspecified atom stereocenters. The van der Waals surface area contributed by atoms with Crippen LogP contribution in [-0.2, 0) is 23.1 Å². The van der Waals surface area contributed by atoms with E-state index in [4.69, 9.17) is 14.5 Å². The van der Waals surface area contributed by atoms with E-state index in [9.17, 15) is 4.79 Å². The average molecular weight is 410 g/mol. The van der Waals surface area contributed by atoms with Crippen LogP contribution in [0.15, 0.2) is 35.3 Å². The number of benzene rings is 1. The molecule has 0 saturated carbocycles. The second-order valence-electron chi connectivity index (χ2n) is 8.46. The molecule has 6 nitrogen and oxygen atoms in total. The van der Waals surface area contributed by atoms with Crippen LogP contribution in [0.5, 0.6) is 0 Å². The highest BCUT2D eigenvalue weighted by atomic mass is 16.5. The molecule has 1 aliphatic rings. The van der Waals surface area contributed by atoms with Crippen molar-refractivity contribution >= 4 is 11.0 Å². The van der Waals surface area contributed by atoms with Crippen molar-refractivity contribution in [3.63, 3.8) is 0 Å². The Morgan fingerprint density at radius 3 is 2.67 bits per heavy atom. The van der Waals surface area contributed by atoms with Gasteiger partial charge in [-0.05, 0) is 62.9 Å². The number of hydrogen-bond acceptors (Lipinski definition) is 4. The molecule has 0 spiro atoms. The Morgan fingerprint density at radius 2 is 1.97 bits per heavy atom. The van der Waals surface area contributed by atoms with Gasteiger partial charge in [-0.25, -0.2) is 4.98 Å². The molecular weight excluding hydrogens is 378 g/mol. The molecule has 6 heteroatoms. The van der Waals surface area contributed by atoms with Crippen LogP contribution in [0.3, 0.4) is 0 Å². The number of aryl methyl sites for hydroxylation is 2. The highest BCUT2D eigenvalue weighted by Crippen LogP contribution is 2.31. The van der Waals surface area contributed by atoms with Gasteiger partial charge < -0.3 is 18.6 Å². The summed E-state index contributed by atoms with van der Waals surface area (Å²) in [5, 5.41) is 0. The second-order valence-corrected chi connectivity index (χ2v) is 8.46. The maximum Gasteiger partial charge on any atom is 0.253 e. The van der Waals surface area contributed by atoms with Crippen molar-refractivity contribution < 1.29 is 9.47 Å². The van der Waals surface area contributed by atoms with Gasteiger partial charge >= 0.3 is 0 Å². The lowest BCUT2D eigenvalue weighted by molar-refractivity contribution is 0.0697. The minimum absolute atomic E-state index is 0.0394. The Labute approximate surface area is 177 Å². The first-order chi connectivity index (χ1) is 14.4. The molecule has 30 heavy (non-hydrogen) atoms. The lowest BCUT2D eigenvalue weighted by Gasteiger charge is -2.23. The smallest absolute Gasteiger partial charge is 0.253 e. The highest BCUT2D eigenvalue weighted by Gasteiger charge is 2.23. The standard InChI is InChI=1S/C24H31N3O3/c1-16(2)30-12-9-27-22-14-19(20-13-17(3)24(28)26(4)15-20)5-6-21(22)25-23(27)18-7-10-29-11-8-18/h5-6,13-16,18H,7-12H2,1-4H3. The van der Waals surface area contributed by atoms with Crippen LogP contribution in [0.1, 0.15) is 44.0 Å². The molecule has 0 bridgehead atoms. The number of fused-ring (bicyclic) bond motifs is 1. The van der Waals surface area contributed by atoms with Crippen LogP contribution in [0, 0.1) is 6.92 Å². The van der Waals surface area contributed by atoms with Crippen LogP contribution in [-0.4, -0.2) is 40.0 Å². The lowest BCUT2D eigenvalue weighted by Crippen LogP contribution is -2.20. The van der Waals surface area contributed by atoms with Gasteiger partial charge in [-0.2, -0.15) is 0 Å². The summed E-state index contributed by atoms with van der Waals surface area (Å²) in [6.07, 6.45) is 4.11. The van der Waals surface area contributed by atoms with Crippen molar-refractivity contribution in [1.29, 1.82) is 0 Å². The zero-order chi connectivity index (χ0) is 21.3. The van der Waals surface area contributed by atoms with E-state index in [1.54, 1.807) is 11.6 Å².